The van der Waals surface area contributed by atoms with Crippen LogP contribution in [-0.4, -0.2) is 4.98 Å². The van der Waals surface area contributed by atoms with Crippen LogP contribution >= 0.6 is 31.9 Å². The first-order chi connectivity index (χ1) is 8.69. The zero-order valence-corrected chi connectivity index (χ0v) is 12.5. The molecule has 0 spiro atoms. The standard InChI is InChI=1S/C13H9Br2N3/c14-11-3-10(6-17-8-11)7-18-13-2-1-9(5-16)4-12(13)15/h1-4,6,8,18H,7H2. The first-order valence-electron chi connectivity index (χ1n) is 5.22. The zero-order chi connectivity index (χ0) is 13.0. The van der Waals surface area contributed by atoms with Gasteiger partial charge < -0.3 is 5.32 Å². The number of aromatic nitrogens is 1. The molecule has 1 N–H and O–H groups in total. The van der Waals surface area contributed by atoms with E-state index in [0.29, 0.717) is 12.1 Å². The number of hydrogen-bond acceptors (Lipinski definition) is 3. The lowest BCUT2D eigenvalue weighted by atomic mass is 10.2. The Morgan fingerprint density at radius 1 is 1.22 bits per heavy atom. The summed E-state index contributed by atoms with van der Waals surface area (Å²) >= 11 is 6.82. The summed E-state index contributed by atoms with van der Waals surface area (Å²) in [4.78, 5) is 4.10. The molecular weight excluding hydrogens is 358 g/mol. The highest BCUT2D eigenvalue weighted by molar-refractivity contribution is 9.10. The van der Waals surface area contributed by atoms with Gasteiger partial charge in [-0.15, -0.1) is 0 Å². The lowest BCUT2D eigenvalue weighted by Crippen LogP contribution is -2.00. The Balaban J connectivity index is 2.09. The first-order valence-corrected chi connectivity index (χ1v) is 6.80. The van der Waals surface area contributed by atoms with Crippen LogP contribution in [0.15, 0.2) is 45.6 Å². The highest BCUT2D eigenvalue weighted by Crippen LogP contribution is 2.24. The Bertz CT molecular complexity index is 605. The van der Waals surface area contributed by atoms with E-state index in [4.69, 9.17) is 5.26 Å². The van der Waals surface area contributed by atoms with Crippen LogP contribution in [0.25, 0.3) is 0 Å². The van der Waals surface area contributed by atoms with E-state index in [0.717, 1.165) is 20.2 Å². The molecule has 90 valence electrons. The fourth-order valence-corrected chi connectivity index (χ4v) is 2.41. The molecule has 0 saturated carbocycles. The Kier molecular flexibility index (Phi) is 4.34. The summed E-state index contributed by atoms with van der Waals surface area (Å²) in [6.45, 7) is 0.678. The molecule has 0 amide bonds. The van der Waals surface area contributed by atoms with Crippen molar-refractivity contribution in [1.29, 1.82) is 5.26 Å². The van der Waals surface area contributed by atoms with Gasteiger partial charge in [0.15, 0.2) is 0 Å². The Hall–Kier alpha value is -1.38. The molecule has 0 aliphatic carbocycles. The highest BCUT2D eigenvalue weighted by atomic mass is 79.9. The van der Waals surface area contributed by atoms with Gasteiger partial charge in [0, 0.05) is 33.6 Å². The number of halogens is 2. The minimum atomic E-state index is 0.636. The largest absolute Gasteiger partial charge is 0.380 e. The summed E-state index contributed by atoms with van der Waals surface area (Å²) in [6.07, 6.45) is 3.57. The average molecular weight is 367 g/mol. The van der Waals surface area contributed by atoms with E-state index in [9.17, 15) is 0 Å². The molecule has 18 heavy (non-hydrogen) atoms. The van der Waals surface area contributed by atoms with Crippen molar-refractivity contribution >= 4 is 37.5 Å². The van der Waals surface area contributed by atoms with Gasteiger partial charge in [0.2, 0.25) is 0 Å². The van der Waals surface area contributed by atoms with E-state index >= 15 is 0 Å². The van der Waals surface area contributed by atoms with Gasteiger partial charge in [0.1, 0.15) is 0 Å². The number of benzene rings is 1. The summed E-state index contributed by atoms with van der Waals surface area (Å²) in [5.74, 6) is 0. The molecule has 0 aliphatic rings. The second-order valence-corrected chi connectivity index (χ2v) is 5.44. The smallest absolute Gasteiger partial charge is 0.0992 e. The van der Waals surface area contributed by atoms with Crippen LogP contribution in [0.4, 0.5) is 5.69 Å². The zero-order valence-electron chi connectivity index (χ0n) is 9.32. The van der Waals surface area contributed by atoms with Gasteiger partial charge in [-0.1, -0.05) is 0 Å². The normalized spacial score (nSPS) is 9.83. The molecule has 0 unspecified atom stereocenters. The van der Waals surface area contributed by atoms with Crippen molar-refractivity contribution in [3.63, 3.8) is 0 Å². The Labute approximate surface area is 122 Å². The SMILES string of the molecule is N#Cc1ccc(NCc2cncc(Br)c2)c(Br)c1. The average Bonchev–Trinajstić information content (AvgIpc) is 2.37. The van der Waals surface area contributed by atoms with Crippen molar-refractivity contribution in [3.05, 3.63) is 56.7 Å². The number of nitriles is 1. The van der Waals surface area contributed by atoms with Crippen LogP contribution in [0.3, 0.4) is 0 Å². The molecule has 3 nitrogen and oxygen atoms in total. The minimum Gasteiger partial charge on any atom is -0.380 e. The van der Waals surface area contributed by atoms with Crippen LogP contribution in [0.1, 0.15) is 11.1 Å². The molecule has 1 heterocycles. The van der Waals surface area contributed by atoms with Gasteiger partial charge in [-0.05, 0) is 61.7 Å². The Morgan fingerprint density at radius 2 is 2.06 bits per heavy atom. The maximum atomic E-state index is 8.79. The van der Waals surface area contributed by atoms with Crippen molar-refractivity contribution in [3.8, 4) is 6.07 Å². The van der Waals surface area contributed by atoms with Crippen molar-refractivity contribution < 1.29 is 0 Å². The van der Waals surface area contributed by atoms with E-state index < -0.39 is 0 Å². The number of nitrogens with zero attached hydrogens (tertiary/aromatic N) is 2. The summed E-state index contributed by atoms with van der Waals surface area (Å²) in [5.41, 5.74) is 2.67. The molecule has 0 saturated heterocycles. The number of nitrogens with one attached hydrogen (secondary N) is 1. The summed E-state index contributed by atoms with van der Waals surface area (Å²) in [6, 6.07) is 9.57. The second-order valence-electron chi connectivity index (χ2n) is 3.67. The number of pyridine rings is 1. The van der Waals surface area contributed by atoms with E-state index in [2.05, 4.69) is 48.2 Å². The maximum absolute atomic E-state index is 8.79. The van der Waals surface area contributed by atoms with Crippen LogP contribution in [0.2, 0.25) is 0 Å². The molecule has 1 aromatic heterocycles. The summed E-state index contributed by atoms with van der Waals surface area (Å²) in [7, 11) is 0. The van der Waals surface area contributed by atoms with Crippen LogP contribution in [-0.2, 0) is 6.54 Å². The molecule has 2 rings (SSSR count). The fraction of sp³-hybridized carbons (Fsp3) is 0.0769. The molecule has 0 bridgehead atoms. The predicted molar refractivity (Wildman–Crippen MR) is 78.1 cm³/mol. The van der Waals surface area contributed by atoms with Crippen LogP contribution < -0.4 is 5.32 Å². The van der Waals surface area contributed by atoms with Crippen molar-refractivity contribution in [2.24, 2.45) is 0 Å². The van der Waals surface area contributed by atoms with Gasteiger partial charge in [-0.25, -0.2) is 0 Å². The fourth-order valence-electron chi connectivity index (χ4n) is 1.48. The molecule has 0 fully saturated rings. The number of anilines is 1. The molecule has 1 aromatic carbocycles. The third-order valence-corrected chi connectivity index (χ3v) is 3.43. The van der Waals surface area contributed by atoms with Gasteiger partial charge in [-0.2, -0.15) is 5.26 Å². The molecule has 2 aromatic rings. The lowest BCUT2D eigenvalue weighted by molar-refractivity contribution is 1.10. The monoisotopic (exact) mass is 365 g/mol. The van der Waals surface area contributed by atoms with Gasteiger partial charge in [0.25, 0.3) is 0 Å². The van der Waals surface area contributed by atoms with Crippen molar-refractivity contribution in [2.75, 3.05) is 5.32 Å². The minimum absolute atomic E-state index is 0.636. The van der Waals surface area contributed by atoms with Gasteiger partial charge in [0.05, 0.1) is 11.6 Å². The van der Waals surface area contributed by atoms with Gasteiger partial charge >= 0.3 is 0 Å². The summed E-state index contributed by atoms with van der Waals surface area (Å²) < 4.78 is 1.84. The Morgan fingerprint density at radius 3 is 2.72 bits per heavy atom. The van der Waals surface area contributed by atoms with Crippen LogP contribution in [0.5, 0.6) is 0 Å². The predicted octanol–water partition coefficient (Wildman–Crippen LogP) is 4.09. The van der Waals surface area contributed by atoms with E-state index in [1.165, 1.54) is 0 Å². The second kappa shape index (κ2) is 5.98. The highest BCUT2D eigenvalue weighted by Gasteiger charge is 2.01. The third kappa shape index (κ3) is 3.31. The van der Waals surface area contributed by atoms with Crippen molar-refractivity contribution in [1.82, 2.24) is 4.98 Å². The number of hydrogen-bond donors (Lipinski definition) is 1. The third-order valence-electron chi connectivity index (χ3n) is 2.34. The molecular formula is C13H9Br2N3. The van der Waals surface area contributed by atoms with E-state index in [1.807, 2.05) is 18.3 Å². The lowest BCUT2D eigenvalue weighted by Gasteiger charge is -2.08. The van der Waals surface area contributed by atoms with Crippen molar-refractivity contribution in [2.45, 2.75) is 6.54 Å². The summed E-state index contributed by atoms with van der Waals surface area (Å²) in [5, 5.41) is 12.1. The molecule has 5 heteroatoms. The number of rotatable bonds is 3. The molecule has 0 atom stereocenters. The first kappa shape index (κ1) is 13.1. The topological polar surface area (TPSA) is 48.7 Å². The van der Waals surface area contributed by atoms with E-state index in [1.54, 1.807) is 18.3 Å². The van der Waals surface area contributed by atoms with Gasteiger partial charge in [-0.3, -0.25) is 4.98 Å². The van der Waals surface area contributed by atoms with Crippen LogP contribution in [0, 0.1) is 11.3 Å². The molecule has 0 radical (unpaired) electrons. The quantitative estimate of drug-likeness (QED) is 0.889. The van der Waals surface area contributed by atoms with E-state index in [-0.39, 0.29) is 0 Å². The maximum Gasteiger partial charge on any atom is 0.0992 e. The molecule has 0 aliphatic heterocycles.